The minimum absolute atomic E-state index is 0.127. The SMILES string of the molecule is CCC(CO)(CO)Nc1nc(Cl)nc2ccccc12. The molecule has 0 aliphatic rings. The van der Waals surface area contributed by atoms with Crippen LogP contribution in [0.5, 0.6) is 0 Å². The van der Waals surface area contributed by atoms with Crippen LogP contribution in [0.4, 0.5) is 5.82 Å². The Bertz CT molecular complexity index is 565. The molecule has 1 heterocycles. The number of halogens is 1. The van der Waals surface area contributed by atoms with E-state index in [2.05, 4.69) is 15.3 Å². The molecule has 0 radical (unpaired) electrons. The Morgan fingerprint density at radius 3 is 2.53 bits per heavy atom. The van der Waals surface area contributed by atoms with E-state index in [1.165, 1.54) is 0 Å². The summed E-state index contributed by atoms with van der Waals surface area (Å²) in [6, 6.07) is 7.43. The summed E-state index contributed by atoms with van der Waals surface area (Å²) >= 11 is 5.90. The minimum Gasteiger partial charge on any atom is -0.394 e. The van der Waals surface area contributed by atoms with Gasteiger partial charge in [0.15, 0.2) is 0 Å². The van der Waals surface area contributed by atoms with Crippen molar-refractivity contribution in [1.82, 2.24) is 9.97 Å². The summed E-state index contributed by atoms with van der Waals surface area (Å²) < 4.78 is 0. The van der Waals surface area contributed by atoms with E-state index in [1.807, 2.05) is 31.2 Å². The van der Waals surface area contributed by atoms with Crippen LogP contribution in [0, 0.1) is 0 Å². The average molecular weight is 282 g/mol. The first-order valence-electron chi connectivity index (χ1n) is 6.06. The molecule has 0 bridgehead atoms. The van der Waals surface area contributed by atoms with Gasteiger partial charge in [0.05, 0.1) is 24.3 Å². The molecule has 102 valence electrons. The fraction of sp³-hybridized carbons (Fsp3) is 0.385. The zero-order valence-corrected chi connectivity index (χ0v) is 11.4. The van der Waals surface area contributed by atoms with Crippen LogP contribution in [0.1, 0.15) is 13.3 Å². The van der Waals surface area contributed by atoms with Gasteiger partial charge in [-0.3, -0.25) is 0 Å². The van der Waals surface area contributed by atoms with E-state index in [-0.39, 0.29) is 18.5 Å². The highest BCUT2D eigenvalue weighted by molar-refractivity contribution is 6.28. The highest BCUT2D eigenvalue weighted by atomic mass is 35.5. The number of aliphatic hydroxyl groups is 2. The van der Waals surface area contributed by atoms with Crippen LogP contribution in [0.15, 0.2) is 24.3 Å². The molecule has 0 unspecified atom stereocenters. The van der Waals surface area contributed by atoms with Crippen molar-refractivity contribution < 1.29 is 10.2 Å². The van der Waals surface area contributed by atoms with Crippen molar-refractivity contribution >= 4 is 28.3 Å². The van der Waals surface area contributed by atoms with Crippen molar-refractivity contribution in [1.29, 1.82) is 0 Å². The molecule has 0 aliphatic carbocycles. The lowest BCUT2D eigenvalue weighted by molar-refractivity contribution is 0.132. The Balaban J connectivity index is 2.50. The van der Waals surface area contributed by atoms with Gasteiger partial charge in [-0.1, -0.05) is 19.1 Å². The van der Waals surface area contributed by atoms with E-state index < -0.39 is 5.54 Å². The Kier molecular flexibility index (Phi) is 4.19. The van der Waals surface area contributed by atoms with Crippen LogP contribution < -0.4 is 5.32 Å². The summed E-state index contributed by atoms with van der Waals surface area (Å²) in [4.78, 5) is 8.28. The van der Waals surface area contributed by atoms with Crippen molar-refractivity contribution in [2.45, 2.75) is 18.9 Å². The number of anilines is 1. The molecule has 0 fully saturated rings. The highest BCUT2D eigenvalue weighted by Gasteiger charge is 2.27. The molecule has 0 amide bonds. The van der Waals surface area contributed by atoms with Crippen LogP contribution >= 0.6 is 11.6 Å². The molecule has 3 N–H and O–H groups in total. The van der Waals surface area contributed by atoms with Crippen LogP contribution in [-0.2, 0) is 0 Å². The predicted molar refractivity (Wildman–Crippen MR) is 75.4 cm³/mol. The van der Waals surface area contributed by atoms with Crippen LogP contribution in [0.25, 0.3) is 10.9 Å². The maximum absolute atomic E-state index is 9.48. The highest BCUT2D eigenvalue weighted by Crippen LogP contribution is 2.25. The number of aliphatic hydroxyl groups excluding tert-OH is 2. The van der Waals surface area contributed by atoms with E-state index in [0.717, 1.165) is 5.39 Å². The number of para-hydroxylation sites is 1. The van der Waals surface area contributed by atoms with Crippen LogP contribution in [0.3, 0.4) is 0 Å². The van der Waals surface area contributed by atoms with Gasteiger partial charge in [-0.25, -0.2) is 9.97 Å². The van der Waals surface area contributed by atoms with Crippen molar-refractivity contribution in [2.75, 3.05) is 18.5 Å². The monoisotopic (exact) mass is 281 g/mol. The Labute approximate surface area is 116 Å². The number of rotatable bonds is 5. The first-order chi connectivity index (χ1) is 9.14. The molecule has 2 aromatic rings. The summed E-state index contributed by atoms with van der Waals surface area (Å²) in [5.41, 5.74) is -0.105. The molecule has 1 aromatic carbocycles. The van der Waals surface area contributed by atoms with Gasteiger partial charge >= 0.3 is 0 Å². The van der Waals surface area contributed by atoms with Crippen molar-refractivity contribution in [3.8, 4) is 0 Å². The summed E-state index contributed by atoms with van der Waals surface area (Å²) in [5.74, 6) is 0.514. The zero-order chi connectivity index (χ0) is 13.9. The molecule has 0 spiro atoms. The smallest absolute Gasteiger partial charge is 0.224 e. The number of hydrogen-bond donors (Lipinski definition) is 3. The van der Waals surface area contributed by atoms with E-state index in [4.69, 9.17) is 11.6 Å². The van der Waals surface area contributed by atoms with Gasteiger partial charge in [0.25, 0.3) is 0 Å². The second-order valence-corrected chi connectivity index (χ2v) is 4.77. The van der Waals surface area contributed by atoms with Gasteiger partial charge in [0.1, 0.15) is 5.82 Å². The topological polar surface area (TPSA) is 78.3 Å². The summed E-state index contributed by atoms with van der Waals surface area (Å²) in [6.07, 6.45) is 0.552. The summed E-state index contributed by atoms with van der Waals surface area (Å²) in [6.45, 7) is 1.48. The molecule has 2 rings (SSSR count). The Morgan fingerprint density at radius 1 is 1.21 bits per heavy atom. The lowest BCUT2D eigenvalue weighted by Crippen LogP contribution is -2.45. The number of fused-ring (bicyclic) bond motifs is 1. The predicted octanol–water partition coefficient (Wildman–Crippen LogP) is 1.83. The van der Waals surface area contributed by atoms with Crippen molar-refractivity contribution in [3.05, 3.63) is 29.5 Å². The molecule has 6 heteroatoms. The van der Waals surface area contributed by atoms with E-state index in [9.17, 15) is 10.2 Å². The van der Waals surface area contributed by atoms with Gasteiger partial charge in [0, 0.05) is 5.39 Å². The van der Waals surface area contributed by atoms with Crippen LogP contribution in [-0.4, -0.2) is 38.9 Å². The normalized spacial score (nSPS) is 11.8. The molecular weight excluding hydrogens is 266 g/mol. The second-order valence-electron chi connectivity index (χ2n) is 4.43. The standard InChI is InChI=1S/C13H16ClN3O2/c1-2-13(7-18,8-19)17-11-9-5-3-4-6-10(9)15-12(14)16-11/h3-6,18-19H,2,7-8H2,1H3,(H,15,16,17). The molecule has 1 aromatic heterocycles. The number of nitrogens with one attached hydrogen (secondary N) is 1. The Morgan fingerprint density at radius 2 is 1.89 bits per heavy atom. The quantitative estimate of drug-likeness (QED) is 0.729. The third-order valence-corrected chi connectivity index (χ3v) is 3.41. The third-order valence-electron chi connectivity index (χ3n) is 3.24. The molecule has 19 heavy (non-hydrogen) atoms. The molecule has 0 saturated carbocycles. The minimum atomic E-state index is -0.819. The van der Waals surface area contributed by atoms with E-state index in [1.54, 1.807) is 0 Å². The van der Waals surface area contributed by atoms with Crippen molar-refractivity contribution in [2.24, 2.45) is 0 Å². The Hall–Kier alpha value is -1.43. The van der Waals surface area contributed by atoms with Gasteiger partial charge in [-0.05, 0) is 30.2 Å². The number of hydrogen-bond acceptors (Lipinski definition) is 5. The molecule has 5 nitrogen and oxygen atoms in total. The summed E-state index contributed by atoms with van der Waals surface area (Å²) in [5, 5.41) is 23.0. The molecule has 0 saturated heterocycles. The maximum atomic E-state index is 9.48. The largest absolute Gasteiger partial charge is 0.394 e. The van der Waals surface area contributed by atoms with Crippen molar-refractivity contribution in [3.63, 3.8) is 0 Å². The average Bonchev–Trinajstić information content (AvgIpc) is 2.44. The fourth-order valence-electron chi connectivity index (χ4n) is 1.84. The number of nitrogens with zero attached hydrogens (tertiary/aromatic N) is 2. The molecule has 0 atom stereocenters. The fourth-order valence-corrected chi connectivity index (χ4v) is 2.01. The lowest BCUT2D eigenvalue weighted by Gasteiger charge is -2.30. The summed E-state index contributed by atoms with van der Waals surface area (Å²) in [7, 11) is 0. The van der Waals surface area contributed by atoms with Gasteiger partial charge in [-0.2, -0.15) is 0 Å². The van der Waals surface area contributed by atoms with E-state index >= 15 is 0 Å². The van der Waals surface area contributed by atoms with E-state index in [0.29, 0.717) is 17.8 Å². The first kappa shape index (κ1) is 14.0. The lowest BCUT2D eigenvalue weighted by atomic mass is 9.98. The molecule has 0 aliphatic heterocycles. The number of benzene rings is 1. The van der Waals surface area contributed by atoms with Gasteiger partial charge < -0.3 is 15.5 Å². The van der Waals surface area contributed by atoms with Crippen LogP contribution in [0.2, 0.25) is 5.28 Å². The first-order valence-corrected chi connectivity index (χ1v) is 6.44. The zero-order valence-electron chi connectivity index (χ0n) is 10.6. The third kappa shape index (κ3) is 2.78. The second kappa shape index (κ2) is 5.69. The maximum Gasteiger partial charge on any atom is 0.224 e. The van der Waals surface area contributed by atoms with Gasteiger partial charge in [0.2, 0.25) is 5.28 Å². The molecular formula is C13H16ClN3O2. The van der Waals surface area contributed by atoms with Gasteiger partial charge in [-0.15, -0.1) is 0 Å². The number of aromatic nitrogens is 2.